The summed E-state index contributed by atoms with van der Waals surface area (Å²) in [6.45, 7) is -0.743. The van der Waals surface area contributed by atoms with Gasteiger partial charge < -0.3 is 14.8 Å². The number of nitrogens with zero attached hydrogens (tertiary/aromatic N) is 2. The molecular formula is C25H25FN4O6S. The summed E-state index contributed by atoms with van der Waals surface area (Å²) < 4.78 is 49.0. The highest BCUT2D eigenvalue weighted by atomic mass is 32.2. The van der Waals surface area contributed by atoms with Gasteiger partial charge in [0.25, 0.3) is 11.8 Å². The molecule has 37 heavy (non-hydrogen) atoms. The molecule has 0 aliphatic carbocycles. The Hall–Kier alpha value is -4.45. The second kappa shape index (κ2) is 12.5. The normalized spacial score (nSPS) is 11.1. The largest absolute Gasteiger partial charge is 0.495 e. The Morgan fingerprint density at radius 1 is 1.00 bits per heavy atom. The van der Waals surface area contributed by atoms with Gasteiger partial charge in [-0.25, -0.2) is 18.2 Å². The Morgan fingerprint density at radius 3 is 2.32 bits per heavy atom. The Labute approximate surface area is 213 Å². The zero-order valence-corrected chi connectivity index (χ0v) is 20.9. The number of ether oxygens (including phenoxy) is 2. The van der Waals surface area contributed by atoms with Crippen molar-refractivity contribution in [2.45, 2.75) is 0 Å². The van der Waals surface area contributed by atoms with Gasteiger partial charge >= 0.3 is 0 Å². The molecule has 0 atom stereocenters. The van der Waals surface area contributed by atoms with Crippen LogP contribution in [-0.4, -0.2) is 53.0 Å². The number of carbonyl (C=O) groups is 2. The van der Waals surface area contributed by atoms with Gasteiger partial charge in [0.15, 0.2) is 6.61 Å². The second-order valence-corrected chi connectivity index (χ2v) is 9.55. The summed E-state index contributed by atoms with van der Waals surface area (Å²) in [5.74, 6) is -0.729. The summed E-state index contributed by atoms with van der Waals surface area (Å²) in [7, 11) is -2.37. The van der Waals surface area contributed by atoms with Gasteiger partial charge in [-0.3, -0.25) is 13.9 Å². The molecule has 10 nitrogen and oxygen atoms in total. The minimum absolute atomic E-state index is 0.230. The molecular weight excluding hydrogens is 503 g/mol. The number of benzene rings is 3. The van der Waals surface area contributed by atoms with Crippen LogP contribution in [0.15, 0.2) is 77.9 Å². The minimum Gasteiger partial charge on any atom is -0.495 e. The summed E-state index contributed by atoms with van der Waals surface area (Å²) >= 11 is 0. The minimum atomic E-state index is -3.78. The van der Waals surface area contributed by atoms with E-state index in [1.807, 2.05) is 0 Å². The lowest BCUT2D eigenvalue weighted by atomic mass is 10.2. The third kappa shape index (κ3) is 8.32. The molecule has 0 saturated heterocycles. The lowest BCUT2D eigenvalue weighted by Crippen LogP contribution is -2.39. The third-order valence-corrected chi connectivity index (χ3v) is 5.95. The number of anilines is 2. The van der Waals surface area contributed by atoms with Crippen LogP contribution in [-0.2, 0) is 19.6 Å². The molecule has 0 heterocycles. The van der Waals surface area contributed by atoms with Crippen LogP contribution in [0.2, 0.25) is 0 Å². The fraction of sp³-hybridized carbons (Fsp3) is 0.160. The SMILES string of the molecule is COc1ccccc1N(CC(=O)N/N=C\c1ccc(OCC(=O)Nc2ccc(F)cc2)cc1)S(C)(=O)=O. The van der Waals surface area contributed by atoms with Crippen molar-refractivity contribution in [3.8, 4) is 11.5 Å². The average molecular weight is 529 g/mol. The van der Waals surface area contributed by atoms with Gasteiger partial charge in [-0.1, -0.05) is 12.1 Å². The summed E-state index contributed by atoms with van der Waals surface area (Å²) in [6.07, 6.45) is 2.36. The summed E-state index contributed by atoms with van der Waals surface area (Å²) in [5, 5.41) is 6.45. The molecule has 3 aromatic carbocycles. The van der Waals surface area contributed by atoms with Crippen LogP contribution in [0, 0.1) is 5.82 Å². The molecule has 0 aromatic heterocycles. The van der Waals surface area contributed by atoms with Gasteiger partial charge in [0.05, 0.1) is 25.3 Å². The van der Waals surface area contributed by atoms with Crippen molar-refractivity contribution in [1.29, 1.82) is 0 Å². The van der Waals surface area contributed by atoms with Gasteiger partial charge in [0, 0.05) is 5.69 Å². The molecule has 0 saturated carbocycles. The monoisotopic (exact) mass is 528 g/mol. The predicted octanol–water partition coefficient (Wildman–Crippen LogP) is 2.77. The number of carbonyl (C=O) groups excluding carboxylic acids is 2. The molecule has 3 rings (SSSR count). The molecule has 12 heteroatoms. The molecule has 2 N–H and O–H groups in total. The van der Waals surface area contributed by atoms with Gasteiger partial charge in [-0.2, -0.15) is 5.10 Å². The Bertz CT molecular complexity index is 1360. The van der Waals surface area contributed by atoms with Crippen molar-refractivity contribution in [1.82, 2.24) is 5.43 Å². The third-order valence-electron chi connectivity index (χ3n) is 4.82. The Balaban J connectivity index is 1.51. The van der Waals surface area contributed by atoms with E-state index in [4.69, 9.17) is 9.47 Å². The maximum Gasteiger partial charge on any atom is 0.262 e. The molecule has 3 aromatic rings. The van der Waals surface area contributed by atoms with Gasteiger partial charge in [0.2, 0.25) is 10.0 Å². The standard InChI is InChI=1S/C25H25FN4O6S/c1-35-23-6-4-3-5-22(23)30(37(2,33)34)16-24(31)29-27-15-18-7-13-21(14-8-18)36-17-25(32)28-20-11-9-19(26)10-12-20/h3-15H,16-17H2,1-2H3,(H,28,32)(H,29,31)/b27-15-. The van der Waals surface area contributed by atoms with Crippen LogP contribution in [0.4, 0.5) is 15.8 Å². The number of amides is 2. The zero-order valence-electron chi connectivity index (χ0n) is 20.0. The average Bonchev–Trinajstić information content (AvgIpc) is 2.87. The number of para-hydroxylation sites is 2. The molecule has 0 radical (unpaired) electrons. The first-order chi connectivity index (χ1) is 17.7. The number of hydrogen-bond acceptors (Lipinski definition) is 7. The summed E-state index contributed by atoms with van der Waals surface area (Å²) in [6, 6.07) is 18.3. The van der Waals surface area contributed by atoms with Crippen molar-refractivity contribution >= 4 is 39.4 Å². The van der Waals surface area contributed by atoms with E-state index >= 15 is 0 Å². The van der Waals surface area contributed by atoms with Crippen LogP contribution in [0.5, 0.6) is 11.5 Å². The Morgan fingerprint density at radius 2 is 1.68 bits per heavy atom. The van der Waals surface area contributed by atoms with Gasteiger partial charge in [-0.05, 0) is 66.2 Å². The molecule has 194 valence electrons. The second-order valence-electron chi connectivity index (χ2n) is 7.65. The molecule has 0 unspecified atom stereocenters. The molecule has 0 bridgehead atoms. The van der Waals surface area contributed by atoms with Crippen LogP contribution in [0.1, 0.15) is 5.56 Å². The lowest BCUT2D eigenvalue weighted by Gasteiger charge is -2.23. The van der Waals surface area contributed by atoms with Crippen LogP contribution < -0.4 is 24.5 Å². The number of nitrogens with one attached hydrogen (secondary N) is 2. The van der Waals surface area contributed by atoms with Crippen molar-refractivity contribution < 1.29 is 31.9 Å². The van der Waals surface area contributed by atoms with Crippen LogP contribution in [0.3, 0.4) is 0 Å². The van der Waals surface area contributed by atoms with E-state index in [0.29, 0.717) is 22.7 Å². The van der Waals surface area contributed by atoms with Crippen LogP contribution in [0.25, 0.3) is 0 Å². The maximum absolute atomic E-state index is 12.9. The first-order valence-corrected chi connectivity index (χ1v) is 12.7. The van der Waals surface area contributed by atoms with Crippen LogP contribution >= 0.6 is 0 Å². The van der Waals surface area contributed by atoms with Gasteiger partial charge in [0.1, 0.15) is 23.9 Å². The van der Waals surface area contributed by atoms with Gasteiger partial charge in [-0.15, -0.1) is 0 Å². The topological polar surface area (TPSA) is 126 Å². The highest BCUT2D eigenvalue weighted by molar-refractivity contribution is 7.92. The molecule has 0 aliphatic rings. The maximum atomic E-state index is 12.9. The van der Waals surface area contributed by atoms with E-state index in [2.05, 4.69) is 15.8 Å². The predicted molar refractivity (Wildman–Crippen MR) is 138 cm³/mol. The van der Waals surface area contributed by atoms with E-state index < -0.39 is 34.2 Å². The number of hydrazone groups is 1. The fourth-order valence-electron chi connectivity index (χ4n) is 3.09. The number of hydrogen-bond donors (Lipinski definition) is 2. The first-order valence-electron chi connectivity index (χ1n) is 10.9. The lowest BCUT2D eigenvalue weighted by molar-refractivity contribution is -0.119. The number of rotatable bonds is 11. The smallest absolute Gasteiger partial charge is 0.262 e. The molecule has 0 spiro atoms. The molecule has 0 fully saturated rings. The summed E-state index contributed by atoms with van der Waals surface area (Å²) in [4.78, 5) is 24.3. The number of sulfonamides is 1. The summed E-state index contributed by atoms with van der Waals surface area (Å²) in [5.41, 5.74) is 3.60. The van der Waals surface area contributed by atoms with Crippen molar-refractivity contribution in [2.24, 2.45) is 5.10 Å². The van der Waals surface area contributed by atoms with E-state index in [9.17, 15) is 22.4 Å². The fourth-order valence-corrected chi connectivity index (χ4v) is 3.95. The molecule has 0 aliphatic heterocycles. The quantitative estimate of drug-likeness (QED) is 0.291. The molecule has 2 amide bonds. The van der Waals surface area contributed by atoms with Crippen molar-refractivity contribution in [3.05, 3.63) is 84.2 Å². The number of methoxy groups -OCH3 is 1. The van der Waals surface area contributed by atoms with E-state index in [1.54, 1.807) is 42.5 Å². The van der Waals surface area contributed by atoms with Crippen molar-refractivity contribution in [3.63, 3.8) is 0 Å². The first kappa shape index (κ1) is 27.1. The van der Waals surface area contributed by atoms with E-state index in [1.165, 1.54) is 43.7 Å². The highest BCUT2D eigenvalue weighted by Gasteiger charge is 2.23. The van der Waals surface area contributed by atoms with E-state index in [-0.39, 0.29) is 12.3 Å². The Kier molecular flexibility index (Phi) is 9.16. The zero-order chi connectivity index (χ0) is 26.8. The van der Waals surface area contributed by atoms with Crippen molar-refractivity contribution in [2.75, 3.05) is 36.1 Å². The highest BCUT2D eigenvalue weighted by Crippen LogP contribution is 2.29. The van der Waals surface area contributed by atoms with E-state index in [0.717, 1.165) is 10.6 Å². The number of halogens is 1.